The highest BCUT2D eigenvalue weighted by Gasteiger charge is 2.43. The average molecular weight is 164 g/mol. The molecule has 3 atom stereocenters. The Hall–Kier alpha value is -0.690. The molecule has 0 aromatic carbocycles. The van der Waals surface area contributed by atoms with Crippen LogP contribution >= 0.6 is 0 Å². The molecular weight excluding hydrogens is 156 g/mol. The van der Waals surface area contributed by atoms with Crippen molar-refractivity contribution in [1.82, 2.24) is 0 Å². The van der Waals surface area contributed by atoms with Crippen LogP contribution in [0.5, 0.6) is 0 Å². The van der Waals surface area contributed by atoms with E-state index in [4.69, 9.17) is 10.2 Å². The van der Waals surface area contributed by atoms with E-state index in [1.54, 1.807) is 0 Å². The molecule has 64 valence electrons. The number of ether oxygens (including phenoxy) is 1. The van der Waals surface area contributed by atoms with Crippen LogP contribution in [0.2, 0.25) is 0 Å². The number of hydrogen-bond donors (Lipinski definition) is 2. The Labute approximate surface area is 62.2 Å². The van der Waals surface area contributed by atoms with Gasteiger partial charge in [-0.15, -0.1) is 0 Å². The van der Waals surface area contributed by atoms with Crippen LogP contribution in [-0.4, -0.2) is 41.8 Å². The Morgan fingerprint density at radius 1 is 1.55 bits per heavy atom. The van der Waals surface area contributed by atoms with Crippen molar-refractivity contribution in [2.24, 2.45) is 0 Å². The predicted molar refractivity (Wildman–Crippen MR) is 30.4 cm³/mol. The van der Waals surface area contributed by atoms with Crippen molar-refractivity contribution in [1.29, 1.82) is 0 Å². The van der Waals surface area contributed by atoms with Crippen LogP contribution in [0.1, 0.15) is 0 Å². The van der Waals surface area contributed by atoms with E-state index in [9.17, 15) is 4.79 Å². The summed E-state index contributed by atoms with van der Waals surface area (Å²) in [5.41, 5.74) is 0. The SMILES string of the molecule is CO[C@H]1C(C(=O)O)OO[C@H]1O. The first kappa shape index (κ1) is 8.41. The number of carboxylic acids is 1. The monoisotopic (exact) mass is 164 g/mol. The molecule has 1 aliphatic rings. The van der Waals surface area contributed by atoms with Gasteiger partial charge < -0.3 is 14.9 Å². The fraction of sp³-hybridized carbons (Fsp3) is 0.800. The van der Waals surface area contributed by atoms with Crippen LogP contribution in [0.3, 0.4) is 0 Å². The van der Waals surface area contributed by atoms with Crippen LogP contribution in [0, 0.1) is 0 Å². The van der Waals surface area contributed by atoms with Gasteiger partial charge >= 0.3 is 5.97 Å². The zero-order valence-electron chi connectivity index (χ0n) is 5.76. The molecule has 1 fully saturated rings. The summed E-state index contributed by atoms with van der Waals surface area (Å²) < 4.78 is 4.62. The number of aliphatic hydroxyl groups excluding tert-OH is 1. The molecule has 0 bridgehead atoms. The third kappa shape index (κ3) is 1.48. The van der Waals surface area contributed by atoms with Crippen molar-refractivity contribution in [2.45, 2.75) is 18.5 Å². The molecule has 11 heavy (non-hydrogen) atoms. The Bertz CT molecular complexity index is 157. The number of carboxylic acid groups (broad SMARTS) is 1. The summed E-state index contributed by atoms with van der Waals surface area (Å²) in [6, 6.07) is 0. The number of hydrogen-bond acceptors (Lipinski definition) is 5. The van der Waals surface area contributed by atoms with E-state index in [1.165, 1.54) is 7.11 Å². The summed E-state index contributed by atoms with van der Waals surface area (Å²) in [7, 11) is 1.27. The molecule has 0 aliphatic carbocycles. The van der Waals surface area contributed by atoms with Gasteiger partial charge in [-0.2, -0.15) is 0 Å². The lowest BCUT2D eigenvalue weighted by Gasteiger charge is -2.10. The second-order valence-electron chi connectivity index (χ2n) is 2.04. The zero-order valence-corrected chi connectivity index (χ0v) is 5.76. The zero-order chi connectivity index (χ0) is 8.43. The van der Waals surface area contributed by atoms with Crippen molar-refractivity contribution in [3.63, 3.8) is 0 Å². The standard InChI is InChI=1S/C5H8O6/c1-9-3-2(4(6)7)10-11-5(3)8/h2-3,5,8H,1H3,(H,6,7)/t2?,3-,5+/m0/s1. The van der Waals surface area contributed by atoms with E-state index >= 15 is 0 Å². The smallest absolute Gasteiger partial charge is 0.339 e. The molecule has 6 heteroatoms. The lowest BCUT2D eigenvalue weighted by molar-refractivity contribution is -0.331. The summed E-state index contributed by atoms with van der Waals surface area (Å²) in [6.45, 7) is 0. The summed E-state index contributed by atoms with van der Waals surface area (Å²) in [6.07, 6.45) is -3.55. The number of methoxy groups -OCH3 is 1. The highest BCUT2D eigenvalue weighted by molar-refractivity contribution is 5.73. The van der Waals surface area contributed by atoms with Gasteiger partial charge in [0.15, 0.2) is 6.10 Å². The minimum atomic E-state index is -1.33. The van der Waals surface area contributed by atoms with Gasteiger partial charge in [-0.1, -0.05) is 0 Å². The van der Waals surface area contributed by atoms with Crippen LogP contribution in [0.25, 0.3) is 0 Å². The highest BCUT2D eigenvalue weighted by Crippen LogP contribution is 2.18. The fourth-order valence-corrected chi connectivity index (χ4v) is 0.798. The van der Waals surface area contributed by atoms with Gasteiger partial charge in [0, 0.05) is 7.11 Å². The van der Waals surface area contributed by atoms with E-state index in [1.807, 2.05) is 0 Å². The number of rotatable bonds is 2. The van der Waals surface area contributed by atoms with E-state index < -0.39 is 24.5 Å². The Kier molecular flexibility index (Phi) is 2.40. The van der Waals surface area contributed by atoms with E-state index in [0.29, 0.717) is 0 Å². The van der Waals surface area contributed by atoms with Gasteiger partial charge in [0.1, 0.15) is 0 Å². The van der Waals surface area contributed by atoms with Crippen molar-refractivity contribution in [3.8, 4) is 0 Å². The maximum atomic E-state index is 10.3. The van der Waals surface area contributed by atoms with Gasteiger partial charge in [-0.25, -0.2) is 14.6 Å². The minimum absolute atomic E-state index is 0.965. The molecule has 0 spiro atoms. The van der Waals surface area contributed by atoms with Crippen LogP contribution in [0.4, 0.5) is 0 Å². The second-order valence-corrected chi connectivity index (χ2v) is 2.04. The molecule has 0 radical (unpaired) electrons. The summed E-state index contributed by atoms with van der Waals surface area (Å²) in [5, 5.41) is 17.3. The highest BCUT2D eigenvalue weighted by atomic mass is 17.2. The molecule has 1 heterocycles. The molecule has 1 unspecified atom stereocenters. The molecule has 0 saturated carbocycles. The number of aliphatic hydroxyl groups is 1. The van der Waals surface area contributed by atoms with Gasteiger partial charge in [0.2, 0.25) is 12.4 Å². The Morgan fingerprint density at radius 2 is 2.18 bits per heavy atom. The molecule has 1 saturated heterocycles. The average Bonchev–Trinajstić information content (AvgIpc) is 2.30. The summed E-state index contributed by atoms with van der Waals surface area (Å²) in [5.74, 6) is -1.23. The van der Waals surface area contributed by atoms with Gasteiger partial charge in [-0.05, 0) is 0 Å². The van der Waals surface area contributed by atoms with Crippen molar-refractivity contribution in [3.05, 3.63) is 0 Å². The quantitative estimate of drug-likeness (QED) is 0.495. The third-order valence-electron chi connectivity index (χ3n) is 1.35. The van der Waals surface area contributed by atoms with E-state index in [2.05, 4.69) is 14.5 Å². The van der Waals surface area contributed by atoms with Gasteiger partial charge in [-0.3, -0.25) is 0 Å². The lowest BCUT2D eigenvalue weighted by Crippen LogP contribution is -2.37. The number of aliphatic carboxylic acids is 1. The van der Waals surface area contributed by atoms with Crippen LogP contribution in [0.15, 0.2) is 0 Å². The molecule has 1 aliphatic heterocycles. The summed E-state index contributed by atoms with van der Waals surface area (Å²) in [4.78, 5) is 18.8. The molecule has 1 rings (SSSR count). The molecule has 0 amide bonds. The van der Waals surface area contributed by atoms with Crippen molar-refractivity contribution in [2.75, 3.05) is 7.11 Å². The molecule has 2 N–H and O–H groups in total. The number of carbonyl (C=O) groups is 1. The molecule has 0 aromatic heterocycles. The van der Waals surface area contributed by atoms with Crippen molar-refractivity contribution >= 4 is 5.97 Å². The summed E-state index contributed by atoms with van der Waals surface area (Å²) >= 11 is 0. The maximum absolute atomic E-state index is 10.3. The second kappa shape index (κ2) is 3.14. The first-order chi connectivity index (χ1) is 5.16. The maximum Gasteiger partial charge on any atom is 0.339 e. The van der Waals surface area contributed by atoms with E-state index in [0.717, 1.165) is 0 Å². The normalized spacial score (nSPS) is 37.5. The predicted octanol–water partition coefficient (Wildman–Crippen LogP) is -1.27. The molecule has 6 nitrogen and oxygen atoms in total. The van der Waals surface area contributed by atoms with E-state index in [-0.39, 0.29) is 0 Å². The van der Waals surface area contributed by atoms with Crippen LogP contribution < -0.4 is 0 Å². The van der Waals surface area contributed by atoms with Crippen molar-refractivity contribution < 1.29 is 29.5 Å². The topological polar surface area (TPSA) is 85.2 Å². The van der Waals surface area contributed by atoms with Gasteiger partial charge in [0.05, 0.1) is 0 Å². The third-order valence-corrected chi connectivity index (χ3v) is 1.35. The Morgan fingerprint density at radius 3 is 2.55 bits per heavy atom. The van der Waals surface area contributed by atoms with Gasteiger partial charge in [0.25, 0.3) is 0 Å². The largest absolute Gasteiger partial charge is 0.479 e. The fourth-order valence-electron chi connectivity index (χ4n) is 0.798. The minimum Gasteiger partial charge on any atom is -0.479 e. The first-order valence-corrected chi connectivity index (χ1v) is 2.92. The molecule has 0 aromatic rings. The first-order valence-electron chi connectivity index (χ1n) is 2.92. The Balaban J connectivity index is 2.61. The molecular formula is C5H8O6. The lowest BCUT2D eigenvalue weighted by atomic mass is 10.2. The van der Waals surface area contributed by atoms with Crippen LogP contribution in [-0.2, 0) is 19.3 Å².